The molecule has 0 aliphatic rings. The van der Waals surface area contributed by atoms with Crippen molar-refractivity contribution in [3.8, 4) is 5.75 Å². The van der Waals surface area contributed by atoms with Crippen molar-refractivity contribution in [3.63, 3.8) is 0 Å². The monoisotopic (exact) mass is 473 g/mol. The average molecular weight is 473 g/mol. The Morgan fingerprint density at radius 3 is 2.38 bits per heavy atom. The molecule has 0 atom stereocenters. The molecule has 0 aliphatic carbocycles. The fourth-order valence-corrected chi connectivity index (χ4v) is 3.16. The summed E-state index contributed by atoms with van der Waals surface area (Å²) in [6, 6.07) is 15.0. The van der Waals surface area contributed by atoms with Crippen LogP contribution in [-0.2, 0) is 23.9 Å². The number of aromatic nitrogens is 1. The molecule has 3 rings (SSSR count). The van der Waals surface area contributed by atoms with Gasteiger partial charge in [-0.25, -0.2) is 0 Å². The van der Waals surface area contributed by atoms with Gasteiger partial charge in [-0.05, 0) is 42.3 Å². The molecule has 7 nitrogen and oxygen atoms in total. The maximum atomic E-state index is 12.9. The van der Waals surface area contributed by atoms with Gasteiger partial charge in [0.15, 0.2) is 0 Å². The molecule has 178 valence electrons. The number of amides is 2. The van der Waals surface area contributed by atoms with Crippen molar-refractivity contribution in [2.24, 2.45) is 0 Å². The molecular formula is C24H22F3N3O4. The summed E-state index contributed by atoms with van der Waals surface area (Å²) in [6.45, 7) is -0.302. The minimum absolute atomic E-state index is 0.175. The van der Waals surface area contributed by atoms with Crippen LogP contribution in [0.25, 0.3) is 0 Å². The van der Waals surface area contributed by atoms with E-state index in [0.717, 1.165) is 17.4 Å². The molecule has 0 saturated carbocycles. The molecule has 0 spiro atoms. The lowest BCUT2D eigenvalue weighted by atomic mass is 10.1. The Morgan fingerprint density at radius 1 is 1.00 bits per heavy atom. The van der Waals surface area contributed by atoms with E-state index in [4.69, 9.17) is 4.74 Å². The molecule has 0 saturated heterocycles. The Morgan fingerprint density at radius 2 is 1.71 bits per heavy atom. The van der Waals surface area contributed by atoms with Crippen molar-refractivity contribution >= 4 is 17.5 Å². The number of rotatable bonds is 8. The highest BCUT2D eigenvalue weighted by Crippen LogP contribution is 2.28. The Hall–Kier alpha value is -4.08. The number of carbonyl (C=O) groups is 2. The van der Waals surface area contributed by atoms with Gasteiger partial charge in [-0.3, -0.25) is 14.4 Å². The topological polar surface area (TPSA) is 89.4 Å². The highest BCUT2D eigenvalue weighted by molar-refractivity contribution is 6.03. The predicted molar refractivity (Wildman–Crippen MR) is 120 cm³/mol. The summed E-state index contributed by atoms with van der Waals surface area (Å²) >= 11 is 0. The number of anilines is 1. The van der Waals surface area contributed by atoms with Gasteiger partial charge in [-0.1, -0.05) is 24.3 Å². The SMILES string of the molecule is COc1ccc(CCNC(=O)c2ccccc2NC(=O)Cn2cc(C(F)(F)F)ccc2=O)cc1. The molecule has 1 aromatic heterocycles. The fourth-order valence-electron chi connectivity index (χ4n) is 3.16. The standard InChI is InChI=1S/C24H22F3N3O4/c1-34-18-9-6-16(7-10-18)12-13-28-23(33)19-4-2-3-5-20(19)29-21(31)15-30-14-17(24(25,26)27)8-11-22(30)32/h2-11,14H,12-13,15H2,1H3,(H,28,33)(H,29,31). The number of ether oxygens (including phenoxy) is 1. The van der Waals surface area contributed by atoms with E-state index < -0.39 is 35.7 Å². The van der Waals surface area contributed by atoms with Gasteiger partial charge >= 0.3 is 6.18 Å². The van der Waals surface area contributed by atoms with E-state index in [1.54, 1.807) is 19.2 Å². The van der Waals surface area contributed by atoms with Crippen LogP contribution < -0.4 is 20.9 Å². The second-order valence-corrected chi connectivity index (χ2v) is 7.33. The van der Waals surface area contributed by atoms with E-state index in [1.807, 2.05) is 24.3 Å². The Kier molecular flexibility index (Phi) is 7.72. The lowest BCUT2D eigenvalue weighted by Crippen LogP contribution is -2.30. The van der Waals surface area contributed by atoms with Gasteiger partial charge in [0.25, 0.3) is 11.5 Å². The molecule has 34 heavy (non-hydrogen) atoms. The third-order valence-electron chi connectivity index (χ3n) is 4.93. The van der Waals surface area contributed by atoms with Gasteiger partial charge in [0.05, 0.1) is 23.9 Å². The summed E-state index contributed by atoms with van der Waals surface area (Å²) in [5, 5.41) is 5.26. The van der Waals surface area contributed by atoms with Crippen LogP contribution >= 0.6 is 0 Å². The molecule has 0 bridgehead atoms. The maximum Gasteiger partial charge on any atom is 0.417 e. The highest BCUT2D eigenvalue weighted by Gasteiger charge is 2.31. The van der Waals surface area contributed by atoms with Crippen LogP contribution in [0.4, 0.5) is 18.9 Å². The molecule has 2 amide bonds. The second kappa shape index (κ2) is 10.7. The first-order valence-electron chi connectivity index (χ1n) is 10.2. The number of nitrogens with zero attached hydrogens (tertiary/aromatic N) is 1. The van der Waals surface area contributed by atoms with Crippen LogP contribution in [0.2, 0.25) is 0 Å². The Bertz CT molecular complexity index is 1220. The van der Waals surface area contributed by atoms with Crippen LogP contribution in [0.1, 0.15) is 21.5 Å². The lowest BCUT2D eigenvalue weighted by molar-refractivity contribution is -0.138. The zero-order valence-electron chi connectivity index (χ0n) is 18.2. The molecule has 2 aromatic carbocycles. The molecule has 1 heterocycles. The van der Waals surface area contributed by atoms with E-state index >= 15 is 0 Å². The van der Waals surface area contributed by atoms with Crippen molar-refractivity contribution in [2.75, 3.05) is 19.0 Å². The van der Waals surface area contributed by atoms with Gasteiger partial charge in [-0.15, -0.1) is 0 Å². The Balaban J connectivity index is 1.63. The summed E-state index contributed by atoms with van der Waals surface area (Å²) in [5.41, 5.74) is -0.449. The van der Waals surface area contributed by atoms with E-state index in [9.17, 15) is 27.6 Å². The zero-order valence-corrected chi connectivity index (χ0v) is 18.2. The first kappa shape index (κ1) is 24.6. The second-order valence-electron chi connectivity index (χ2n) is 7.33. The maximum absolute atomic E-state index is 12.9. The number of methoxy groups -OCH3 is 1. The molecule has 3 aromatic rings. The van der Waals surface area contributed by atoms with Gasteiger partial charge in [-0.2, -0.15) is 13.2 Å². The van der Waals surface area contributed by atoms with Gasteiger partial charge in [0, 0.05) is 18.8 Å². The number of pyridine rings is 1. The number of nitrogens with one attached hydrogen (secondary N) is 2. The van der Waals surface area contributed by atoms with E-state index in [2.05, 4.69) is 10.6 Å². The minimum atomic E-state index is -4.65. The molecular weight excluding hydrogens is 451 g/mol. The van der Waals surface area contributed by atoms with Crippen molar-refractivity contribution in [2.45, 2.75) is 19.1 Å². The van der Waals surface area contributed by atoms with Gasteiger partial charge in [0.1, 0.15) is 12.3 Å². The third kappa shape index (κ3) is 6.47. The lowest BCUT2D eigenvalue weighted by Gasteiger charge is -2.13. The summed E-state index contributed by atoms with van der Waals surface area (Å²) in [5.74, 6) is -0.453. The highest BCUT2D eigenvalue weighted by atomic mass is 19.4. The number of benzene rings is 2. The molecule has 0 fully saturated rings. The zero-order chi connectivity index (χ0) is 24.7. The van der Waals surface area contributed by atoms with E-state index in [0.29, 0.717) is 29.8 Å². The number of hydrogen-bond donors (Lipinski definition) is 2. The summed E-state index contributed by atoms with van der Waals surface area (Å²) in [6.07, 6.45) is -3.50. The van der Waals surface area contributed by atoms with Gasteiger partial charge < -0.3 is 19.9 Å². The number of alkyl halides is 3. The quantitative estimate of drug-likeness (QED) is 0.524. The molecule has 10 heteroatoms. The van der Waals surface area contributed by atoms with Crippen LogP contribution in [-0.4, -0.2) is 30.0 Å². The van der Waals surface area contributed by atoms with Crippen molar-refractivity contribution in [3.05, 3.63) is 93.9 Å². The van der Waals surface area contributed by atoms with Crippen molar-refractivity contribution < 1.29 is 27.5 Å². The predicted octanol–water partition coefficient (Wildman–Crippen LogP) is 3.49. The van der Waals surface area contributed by atoms with Crippen LogP contribution in [0.15, 0.2) is 71.7 Å². The van der Waals surface area contributed by atoms with Gasteiger partial charge in [0.2, 0.25) is 5.91 Å². The average Bonchev–Trinajstić information content (AvgIpc) is 2.80. The van der Waals surface area contributed by atoms with Crippen LogP contribution in [0, 0.1) is 0 Å². The molecule has 0 radical (unpaired) electrons. The van der Waals surface area contributed by atoms with E-state index in [-0.39, 0.29) is 11.3 Å². The minimum Gasteiger partial charge on any atom is -0.497 e. The normalized spacial score (nSPS) is 11.1. The fraction of sp³-hybridized carbons (Fsp3) is 0.208. The Labute approximate surface area is 193 Å². The van der Waals surface area contributed by atoms with E-state index in [1.165, 1.54) is 12.1 Å². The number of carbonyl (C=O) groups excluding carboxylic acids is 2. The van der Waals surface area contributed by atoms with Crippen molar-refractivity contribution in [1.82, 2.24) is 9.88 Å². The van der Waals surface area contributed by atoms with Crippen LogP contribution in [0.5, 0.6) is 5.75 Å². The largest absolute Gasteiger partial charge is 0.497 e. The number of hydrogen-bond acceptors (Lipinski definition) is 4. The van der Waals surface area contributed by atoms with Crippen LogP contribution in [0.3, 0.4) is 0 Å². The summed E-state index contributed by atoms with van der Waals surface area (Å²) < 4.78 is 44.5. The number of para-hydroxylation sites is 1. The first-order valence-corrected chi connectivity index (χ1v) is 10.2. The molecule has 0 unspecified atom stereocenters. The smallest absolute Gasteiger partial charge is 0.417 e. The third-order valence-corrected chi connectivity index (χ3v) is 4.93. The molecule has 0 aliphatic heterocycles. The molecule has 2 N–H and O–H groups in total. The number of halogens is 3. The van der Waals surface area contributed by atoms with Crippen molar-refractivity contribution in [1.29, 1.82) is 0 Å². The first-order chi connectivity index (χ1) is 16.2. The summed E-state index contributed by atoms with van der Waals surface area (Å²) in [4.78, 5) is 36.9. The summed E-state index contributed by atoms with van der Waals surface area (Å²) in [7, 11) is 1.57.